The molecule has 0 fully saturated rings. The topological polar surface area (TPSA) is 84.3 Å². The van der Waals surface area contributed by atoms with E-state index in [9.17, 15) is 17.6 Å². The van der Waals surface area contributed by atoms with E-state index < -0.39 is 15.8 Å². The SMILES string of the molecule is Cc1nc(-c2ccc(C)c(S(=O)(=O)Nc3cccc(C(=O)N4CCc5c(c6ccc(Cl)c(F)c6n5C)C4)c3)c2)cs1. The standard InChI is InChI=1S/C30H26ClFN4O3S2/c1-17-7-8-19(25-16-40-18(2)33-25)14-27(17)41(38,39)34-21-6-4-5-20(13-21)30(37)36-12-11-26-23(15-36)22-9-10-24(31)28(32)29(22)35(26)3/h4-10,13-14,16,34H,11-12,15H2,1-3H3. The summed E-state index contributed by atoms with van der Waals surface area (Å²) in [7, 11) is -2.14. The van der Waals surface area contributed by atoms with Crippen molar-refractivity contribution in [1.82, 2.24) is 14.5 Å². The molecule has 210 valence electrons. The molecule has 41 heavy (non-hydrogen) atoms. The number of fused-ring (bicyclic) bond motifs is 3. The number of carbonyl (C=O) groups excluding carboxylic acids is 1. The minimum absolute atomic E-state index is 0.0581. The van der Waals surface area contributed by atoms with Gasteiger partial charge in [-0.05, 0) is 49.7 Å². The number of anilines is 1. The predicted molar refractivity (Wildman–Crippen MR) is 161 cm³/mol. The summed E-state index contributed by atoms with van der Waals surface area (Å²) in [6, 6.07) is 15.0. The fourth-order valence-electron chi connectivity index (χ4n) is 5.44. The highest BCUT2D eigenvalue weighted by Gasteiger charge is 2.28. The first kappa shape index (κ1) is 27.4. The zero-order chi connectivity index (χ0) is 29.1. The molecule has 1 aliphatic heterocycles. The number of thiazole rings is 1. The van der Waals surface area contributed by atoms with Crippen molar-refractivity contribution in [1.29, 1.82) is 0 Å². The van der Waals surface area contributed by atoms with Gasteiger partial charge in [0, 0.05) is 65.4 Å². The van der Waals surface area contributed by atoms with Gasteiger partial charge in [-0.1, -0.05) is 35.9 Å². The molecule has 7 nitrogen and oxygen atoms in total. The second kappa shape index (κ2) is 10.3. The molecule has 2 aromatic heterocycles. The van der Waals surface area contributed by atoms with Crippen molar-refractivity contribution in [3.63, 3.8) is 0 Å². The lowest BCUT2D eigenvalue weighted by atomic mass is 10.0. The number of benzene rings is 3. The highest BCUT2D eigenvalue weighted by molar-refractivity contribution is 7.92. The van der Waals surface area contributed by atoms with Crippen LogP contribution in [0, 0.1) is 19.7 Å². The highest BCUT2D eigenvalue weighted by Crippen LogP contribution is 2.35. The van der Waals surface area contributed by atoms with Gasteiger partial charge < -0.3 is 9.47 Å². The number of nitrogens with one attached hydrogen (secondary N) is 1. The highest BCUT2D eigenvalue weighted by atomic mass is 35.5. The fraction of sp³-hybridized carbons (Fsp3) is 0.200. The zero-order valence-corrected chi connectivity index (χ0v) is 24.9. The normalized spacial score (nSPS) is 13.4. The maximum absolute atomic E-state index is 14.8. The van der Waals surface area contributed by atoms with Gasteiger partial charge in [-0.25, -0.2) is 17.8 Å². The summed E-state index contributed by atoms with van der Waals surface area (Å²) in [6.45, 7) is 4.40. The van der Waals surface area contributed by atoms with E-state index >= 15 is 0 Å². The van der Waals surface area contributed by atoms with Gasteiger partial charge in [0.05, 0.1) is 26.1 Å². The molecule has 0 bridgehead atoms. The average Bonchev–Trinajstić information content (AvgIpc) is 3.51. The van der Waals surface area contributed by atoms with E-state index in [0.717, 1.165) is 27.3 Å². The lowest BCUT2D eigenvalue weighted by molar-refractivity contribution is 0.0734. The second-order valence-corrected chi connectivity index (χ2v) is 13.3. The number of sulfonamides is 1. The third-order valence-electron chi connectivity index (χ3n) is 7.49. The second-order valence-electron chi connectivity index (χ2n) is 10.1. The van der Waals surface area contributed by atoms with Gasteiger partial charge in [-0.15, -0.1) is 11.3 Å². The monoisotopic (exact) mass is 608 g/mol. The summed E-state index contributed by atoms with van der Waals surface area (Å²) in [6.07, 6.45) is 0.559. The molecule has 0 aliphatic carbocycles. The van der Waals surface area contributed by atoms with Crippen LogP contribution in [0.2, 0.25) is 5.02 Å². The molecule has 6 rings (SSSR count). The molecule has 0 atom stereocenters. The number of aromatic nitrogens is 2. The van der Waals surface area contributed by atoms with Crippen molar-refractivity contribution >= 4 is 55.5 Å². The van der Waals surface area contributed by atoms with Crippen LogP contribution in [0.25, 0.3) is 22.2 Å². The molecule has 0 saturated heterocycles. The first-order chi connectivity index (χ1) is 19.5. The Bertz CT molecular complexity index is 1970. The molecule has 1 amide bonds. The van der Waals surface area contributed by atoms with Crippen molar-refractivity contribution in [2.45, 2.75) is 31.7 Å². The van der Waals surface area contributed by atoms with E-state index in [1.807, 2.05) is 30.0 Å². The Kier molecular flexibility index (Phi) is 6.88. The van der Waals surface area contributed by atoms with E-state index in [0.29, 0.717) is 41.7 Å². The quantitative estimate of drug-likeness (QED) is 0.240. The van der Waals surface area contributed by atoms with Crippen LogP contribution in [-0.2, 0) is 30.0 Å². The molecular formula is C30H26ClFN4O3S2. The van der Waals surface area contributed by atoms with Crippen LogP contribution in [0.5, 0.6) is 0 Å². The average molecular weight is 609 g/mol. The Labute approximate surface area is 246 Å². The van der Waals surface area contributed by atoms with Gasteiger partial charge in [0.1, 0.15) is 0 Å². The van der Waals surface area contributed by atoms with Crippen LogP contribution in [-0.4, -0.2) is 35.3 Å². The Balaban J connectivity index is 1.26. The summed E-state index contributed by atoms with van der Waals surface area (Å²) in [5, 5.41) is 3.58. The minimum atomic E-state index is -3.95. The molecule has 5 aromatic rings. The number of carbonyl (C=O) groups is 1. The van der Waals surface area contributed by atoms with Crippen LogP contribution < -0.4 is 4.72 Å². The number of hydrogen-bond donors (Lipinski definition) is 1. The number of hydrogen-bond acceptors (Lipinski definition) is 5. The summed E-state index contributed by atoms with van der Waals surface area (Å²) >= 11 is 7.52. The van der Waals surface area contributed by atoms with Crippen LogP contribution >= 0.6 is 22.9 Å². The van der Waals surface area contributed by atoms with Gasteiger partial charge in [-0.3, -0.25) is 9.52 Å². The van der Waals surface area contributed by atoms with Crippen molar-refractivity contribution in [3.05, 3.63) is 98.2 Å². The minimum Gasteiger partial charge on any atom is -0.345 e. The Morgan fingerprint density at radius 3 is 2.68 bits per heavy atom. The van der Waals surface area contributed by atoms with Crippen LogP contribution in [0.15, 0.2) is 64.9 Å². The molecule has 0 saturated carbocycles. The largest absolute Gasteiger partial charge is 0.345 e. The van der Waals surface area contributed by atoms with Gasteiger partial charge in [0.25, 0.3) is 15.9 Å². The molecule has 3 heterocycles. The van der Waals surface area contributed by atoms with E-state index in [1.54, 1.807) is 54.3 Å². The summed E-state index contributed by atoms with van der Waals surface area (Å²) in [5.74, 6) is -0.707. The predicted octanol–water partition coefficient (Wildman–Crippen LogP) is 6.71. The van der Waals surface area contributed by atoms with Gasteiger partial charge in [0.15, 0.2) is 5.82 Å². The number of nitrogens with zero attached hydrogens (tertiary/aromatic N) is 3. The molecule has 3 aromatic carbocycles. The van der Waals surface area contributed by atoms with Crippen LogP contribution in [0.3, 0.4) is 0 Å². The summed E-state index contributed by atoms with van der Waals surface area (Å²) in [5.41, 5.74) is 4.95. The van der Waals surface area contributed by atoms with Crippen molar-refractivity contribution in [3.8, 4) is 11.3 Å². The molecule has 1 aliphatic rings. The molecule has 0 radical (unpaired) electrons. The third-order valence-corrected chi connectivity index (χ3v) is 10.1. The Morgan fingerprint density at radius 1 is 1.12 bits per heavy atom. The Hall–Kier alpha value is -3.73. The Morgan fingerprint density at radius 2 is 1.93 bits per heavy atom. The molecule has 0 spiro atoms. The number of aryl methyl sites for hydroxylation is 3. The van der Waals surface area contributed by atoms with E-state index in [2.05, 4.69) is 9.71 Å². The first-order valence-electron chi connectivity index (χ1n) is 12.9. The van der Waals surface area contributed by atoms with Crippen molar-refractivity contribution < 1.29 is 17.6 Å². The number of amides is 1. The maximum atomic E-state index is 14.8. The van der Waals surface area contributed by atoms with E-state index in [4.69, 9.17) is 11.6 Å². The zero-order valence-electron chi connectivity index (χ0n) is 22.5. The van der Waals surface area contributed by atoms with Gasteiger partial charge in [-0.2, -0.15) is 0 Å². The van der Waals surface area contributed by atoms with E-state index in [-0.39, 0.29) is 21.5 Å². The van der Waals surface area contributed by atoms with Crippen molar-refractivity contribution in [2.24, 2.45) is 7.05 Å². The van der Waals surface area contributed by atoms with Gasteiger partial charge >= 0.3 is 0 Å². The summed E-state index contributed by atoms with van der Waals surface area (Å²) < 4.78 is 46.2. The lowest BCUT2D eigenvalue weighted by Gasteiger charge is -2.28. The maximum Gasteiger partial charge on any atom is 0.262 e. The van der Waals surface area contributed by atoms with Gasteiger partial charge in [0.2, 0.25) is 0 Å². The number of rotatable bonds is 5. The van der Waals surface area contributed by atoms with Crippen LogP contribution in [0.4, 0.5) is 10.1 Å². The number of halogens is 2. The summed E-state index contributed by atoms with van der Waals surface area (Å²) in [4.78, 5) is 19.9. The smallest absolute Gasteiger partial charge is 0.262 e. The first-order valence-corrected chi connectivity index (χ1v) is 15.7. The fourth-order valence-corrected chi connectivity index (χ4v) is 7.53. The molecule has 11 heteroatoms. The molecule has 1 N–H and O–H groups in total. The van der Waals surface area contributed by atoms with Crippen molar-refractivity contribution in [2.75, 3.05) is 11.3 Å². The molecular weight excluding hydrogens is 583 g/mol. The van der Waals surface area contributed by atoms with E-state index in [1.165, 1.54) is 17.4 Å². The third kappa shape index (κ3) is 4.90. The van der Waals surface area contributed by atoms with Crippen LogP contribution in [0.1, 0.15) is 32.2 Å². The lowest BCUT2D eigenvalue weighted by Crippen LogP contribution is -2.36. The molecule has 0 unspecified atom stereocenters.